The summed E-state index contributed by atoms with van der Waals surface area (Å²) in [6.45, 7) is 5.65. The Hall–Kier alpha value is -1.51. The number of ether oxygens (including phenoxy) is 1. The lowest BCUT2D eigenvalue weighted by Gasteiger charge is -2.12. The van der Waals surface area contributed by atoms with E-state index in [9.17, 15) is 4.79 Å². The van der Waals surface area contributed by atoms with Crippen molar-refractivity contribution in [2.45, 2.75) is 20.8 Å². The lowest BCUT2D eigenvalue weighted by atomic mass is 9.98. The Morgan fingerprint density at radius 3 is 2.29 bits per heavy atom. The number of carbonyl (C=O) groups is 1. The van der Waals surface area contributed by atoms with Crippen molar-refractivity contribution < 1.29 is 14.6 Å². The highest BCUT2D eigenvalue weighted by Crippen LogP contribution is 2.27. The molecule has 14 heavy (non-hydrogen) atoms. The van der Waals surface area contributed by atoms with Gasteiger partial charge in [0.15, 0.2) is 0 Å². The summed E-state index contributed by atoms with van der Waals surface area (Å²) in [5.41, 5.74) is 3.08. The molecular weight excluding hydrogens is 180 g/mol. The fraction of sp³-hybridized carbons (Fsp3) is 0.364. The summed E-state index contributed by atoms with van der Waals surface area (Å²) >= 11 is 0. The Labute approximate surface area is 83.3 Å². The van der Waals surface area contributed by atoms with Crippen LogP contribution in [-0.2, 0) is 0 Å². The molecule has 0 aliphatic rings. The van der Waals surface area contributed by atoms with Gasteiger partial charge in [0.1, 0.15) is 11.3 Å². The molecule has 0 radical (unpaired) electrons. The summed E-state index contributed by atoms with van der Waals surface area (Å²) in [5, 5.41) is 9.01. The first-order chi connectivity index (χ1) is 6.49. The fourth-order valence-electron chi connectivity index (χ4n) is 1.47. The van der Waals surface area contributed by atoms with Crippen LogP contribution < -0.4 is 4.74 Å². The number of hydrogen-bond acceptors (Lipinski definition) is 2. The van der Waals surface area contributed by atoms with E-state index in [1.165, 1.54) is 7.11 Å². The second-order valence-corrected chi connectivity index (χ2v) is 3.33. The van der Waals surface area contributed by atoms with Crippen LogP contribution in [0, 0.1) is 20.8 Å². The highest BCUT2D eigenvalue weighted by Gasteiger charge is 2.16. The van der Waals surface area contributed by atoms with Crippen LogP contribution in [0.5, 0.6) is 5.75 Å². The van der Waals surface area contributed by atoms with Crippen molar-refractivity contribution in [1.29, 1.82) is 0 Å². The van der Waals surface area contributed by atoms with Gasteiger partial charge in [-0.25, -0.2) is 4.79 Å². The third-order valence-electron chi connectivity index (χ3n) is 2.56. The second kappa shape index (κ2) is 3.70. The molecule has 3 heteroatoms. The summed E-state index contributed by atoms with van der Waals surface area (Å²) in [7, 11) is 1.48. The number of carboxylic acid groups (broad SMARTS) is 1. The number of aromatic carboxylic acids is 1. The van der Waals surface area contributed by atoms with Crippen LogP contribution in [0.4, 0.5) is 0 Å². The molecular formula is C11H14O3. The molecule has 0 heterocycles. The van der Waals surface area contributed by atoms with Gasteiger partial charge >= 0.3 is 5.97 Å². The monoisotopic (exact) mass is 194 g/mol. The zero-order valence-electron chi connectivity index (χ0n) is 8.84. The molecule has 0 aromatic heterocycles. The van der Waals surface area contributed by atoms with Gasteiger partial charge in [-0.15, -0.1) is 0 Å². The minimum atomic E-state index is -0.942. The first kappa shape index (κ1) is 10.6. The molecule has 0 fully saturated rings. The molecule has 1 aromatic carbocycles. The van der Waals surface area contributed by atoms with Crippen LogP contribution in [0.3, 0.4) is 0 Å². The van der Waals surface area contributed by atoms with Crippen molar-refractivity contribution in [2.24, 2.45) is 0 Å². The van der Waals surface area contributed by atoms with E-state index < -0.39 is 5.97 Å². The van der Waals surface area contributed by atoms with Gasteiger partial charge in [-0.1, -0.05) is 0 Å². The average molecular weight is 194 g/mol. The molecule has 0 bridgehead atoms. The predicted molar refractivity (Wildman–Crippen MR) is 54.2 cm³/mol. The van der Waals surface area contributed by atoms with Gasteiger partial charge in [0.05, 0.1) is 7.11 Å². The van der Waals surface area contributed by atoms with Gasteiger partial charge in [-0.3, -0.25) is 0 Å². The Morgan fingerprint density at radius 2 is 1.86 bits per heavy atom. The lowest BCUT2D eigenvalue weighted by molar-refractivity contribution is 0.0692. The van der Waals surface area contributed by atoms with E-state index in [0.29, 0.717) is 5.75 Å². The lowest BCUT2D eigenvalue weighted by Crippen LogP contribution is -2.06. The van der Waals surface area contributed by atoms with Crippen molar-refractivity contribution >= 4 is 5.97 Å². The van der Waals surface area contributed by atoms with E-state index in [2.05, 4.69) is 0 Å². The number of benzene rings is 1. The van der Waals surface area contributed by atoms with Crippen LogP contribution in [0.15, 0.2) is 6.07 Å². The van der Waals surface area contributed by atoms with Gasteiger partial charge in [0.2, 0.25) is 0 Å². The van der Waals surface area contributed by atoms with Crippen LogP contribution in [0.1, 0.15) is 27.0 Å². The minimum absolute atomic E-state index is 0.260. The first-order valence-electron chi connectivity index (χ1n) is 4.37. The van der Waals surface area contributed by atoms with E-state index in [1.807, 2.05) is 13.8 Å². The van der Waals surface area contributed by atoms with Crippen molar-refractivity contribution in [3.63, 3.8) is 0 Å². The number of carboxylic acids is 1. The van der Waals surface area contributed by atoms with Gasteiger partial charge in [0, 0.05) is 0 Å². The van der Waals surface area contributed by atoms with E-state index in [-0.39, 0.29) is 5.56 Å². The fourth-order valence-corrected chi connectivity index (χ4v) is 1.47. The molecule has 1 rings (SSSR count). The quantitative estimate of drug-likeness (QED) is 0.785. The third kappa shape index (κ3) is 1.58. The molecule has 76 valence electrons. The van der Waals surface area contributed by atoms with Gasteiger partial charge in [-0.2, -0.15) is 0 Å². The van der Waals surface area contributed by atoms with Crippen molar-refractivity contribution in [3.05, 3.63) is 28.3 Å². The molecule has 0 atom stereocenters. The maximum atomic E-state index is 11.0. The SMILES string of the molecule is COc1cc(C)c(C)c(C)c1C(=O)O. The molecule has 0 saturated heterocycles. The minimum Gasteiger partial charge on any atom is -0.496 e. The number of rotatable bonds is 2. The largest absolute Gasteiger partial charge is 0.496 e. The summed E-state index contributed by atoms with van der Waals surface area (Å²) in [5.74, 6) is -0.513. The summed E-state index contributed by atoms with van der Waals surface area (Å²) in [6.07, 6.45) is 0. The molecule has 0 aliphatic heterocycles. The maximum Gasteiger partial charge on any atom is 0.339 e. The molecule has 1 N–H and O–H groups in total. The molecule has 0 unspecified atom stereocenters. The molecule has 3 nitrogen and oxygen atoms in total. The summed E-state index contributed by atoms with van der Waals surface area (Å²) in [4.78, 5) is 11.0. The van der Waals surface area contributed by atoms with E-state index in [1.54, 1.807) is 13.0 Å². The van der Waals surface area contributed by atoms with Crippen molar-refractivity contribution in [1.82, 2.24) is 0 Å². The number of aryl methyl sites for hydroxylation is 1. The smallest absolute Gasteiger partial charge is 0.339 e. The normalized spacial score (nSPS) is 10.0. The van der Waals surface area contributed by atoms with Gasteiger partial charge in [0.25, 0.3) is 0 Å². The van der Waals surface area contributed by atoms with Gasteiger partial charge < -0.3 is 9.84 Å². The molecule has 0 aliphatic carbocycles. The van der Waals surface area contributed by atoms with E-state index in [4.69, 9.17) is 9.84 Å². The topological polar surface area (TPSA) is 46.5 Å². The Morgan fingerprint density at radius 1 is 1.29 bits per heavy atom. The zero-order chi connectivity index (χ0) is 10.9. The Balaban J connectivity index is 3.53. The second-order valence-electron chi connectivity index (χ2n) is 3.33. The van der Waals surface area contributed by atoms with Crippen molar-refractivity contribution in [2.75, 3.05) is 7.11 Å². The molecule has 0 amide bonds. The average Bonchev–Trinajstić information content (AvgIpc) is 2.12. The Bertz CT molecular complexity index is 381. The van der Waals surface area contributed by atoms with E-state index >= 15 is 0 Å². The Kier molecular flexibility index (Phi) is 2.79. The van der Waals surface area contributed by atoms with E-state index in [0.717, 1.165) is 16.7 Å². The summed E-state index contributed by atoms with van der Waals surface area (Å²) < 4.78 is 5.04. The standard InChI is InChI=1S/C11H14O3/c1-6-5-9(14-4)10(11(12)13)8(3)7(6)2/h5H,1-4H3,(H,12,13). The third-order valence-corrected chi connectivity index (χ3v) is 2.56. The highest BCUT2D eigenvalue weighted by molar-refractivity contribution is 5.93. The van der Waals surface area contributed by atoms with Crippen LogP contribution in [-0.4, -0.2) is 18.2 Å². The number of hydrogen-bond donors (Lipinski definition) is 1. The van der Waals surface area contributed by atoms with Crippen LogP contribution in [0.25, 0.3) is 0 Å². The molecule has 0 spiro atoms. The summed E-state index contributed by atoms with van der Waals surface area (Å²) in [6, 6.07) is 1.76. The van der Waals surface area contributed by atoms with Gasteiger partial charge in [-0.05, 0) is 43.5 Å². The molecule has 0 saturated carbocycles. The van der Waals surface area contributed by atoms with Crippen molar-refractivity contribution in [3.8, 4) is 5.75 Å². The maximum absolute atomic E-state index is 11.0. The zero-order valence-corrected chi connectivity index (χ0v) is 8.84. The van der Waals surface area contributed by atoms with Crippen LogP contribution >= 0.6 is 0 Å². The highest BCUT2D eigenvalue weighted by atomic mass is 16.5. The first-order valence-corrected chi connectivity index (χ1v) is 4.37. The molecule has 1 aromatic rings. The predicted octanol–water partition coefficient (Wildman–Crippen LogP) is 2.32. The van der Waals surface area contributed by atoms with Crippen LogP contribution in [0.2, 0.25) is 0 Å². The number of methoxy groups -OCH3 is 1.